The first-order valence-corrected chi connectivity index (χ1v) is 12.3. The molecule has 0 saturated heterocycles. The van der Waals surface area contributed by atoms with Crippen LogP contribution in [0.15, 0.2) is 58.3 Å². The number of rotatable bonds is 10. The third-order valence-electron chi connectivity index (χ3n) is 4.37. The van der Waals surface area contributed by atoms with E-state index in [2.05, 4.69) is 14.8 Å². The normalized spacial score (nSPS) is 14.1. The van der Waals surface area contributed by atoms with Gasteiger partial charge < -0.3 is 10.4 Å². The van der Waals surface area contributed by atoms with Crippen LogP contribution in [0.1, 0.15) is 29.6 Å². The summed E-state index contributed by atoms with van der Waals surface area (Å²) >= 11 is 0. The van der Waals surface area contributed by atoms with Crippen molar-refractivity contribution in [2.75, 3.05) is 11.3 Å². The van der Waals surface area contributed by atoms with Crippen molar-refractivity contribution in [2.45, 2.75) is 35.1 Å². The molecule has 166 valence electrons. The molecule has 12 heteroatoms. The Hall–Kier alpha value is -2.96. The van der Waals surface area contributed by atoms with Gasteiger partial charge in [0.15, 0.2) is 0 Å². The molecular formula is C19H21N3O7S2. The molecule has 0 spiro atoms. The first-order chi connectivity index (χ1) is 14.6. The Labute approximate surface area is 179 Å². The van der Waals surface area contributed by atoms with Crippen LogP contribution in [-0.2, 0) is 24.8 Å². The van der Waals surface area contributed by atoms with Crippen molar-refractivity contribution >= 4 is 37.6 Å². The van der Waals surface area contributed by atoms with Crippen molar-refractivity contribution in [3.8, 4) is 0 Å². The average Bonchev–Trinajstić information content (AvgIpc) is 3.51. The summed E-state index contributed by atoms with van der Waals surface area (Å²) < 4.78 is 54.4. The molecule has 0 bridgehead atoms. The van der Waals surface area contributed by atoms with Crippen LogP contribution in [0, 0.1) is 0 Å². The van der Waals surface area contributed by atoms with E-state index in [1.54, 1.807) is 0 Å². The van der Waals surface area contributed by atoms with Crippen molar-refractivity contribution in [1.29, 1.82) is 0 Å². The molecule has 0 atom stereocenters. The van der Waals surface area contributed by atoms with Gasteiger partial charge in [0.1, 0.15) is 0 Å². The Balaban J connectivity index is 1.64. The number of carbonyl (C=O) groups is 2. The van der Waals surface area contributed by atoms with Gasteiger partial charge in [-0.15, -0.1) is 0 Å². The van der Waals surface area contributed by atoms with Gasteiger partial charge in [0.25, 0.3) is 15.9 Å². The highest BCUT2D eigenvalue weighted by Crippen LogP contribution is 2.23. The molecule has 0 aliphatic heterocycles. The summed E-state index contributed by atoms with van der Waals surface area (Å²) in [5, 5.41) is 11.0. The van der Waals surface area contributed by atoms with Gasteiger partial charge in [0, 0.05) is 23.8 Å². The van der Waals surface area contributed by atoms with E-state index in [1.165, 1.54) is 48.5 Å². The minimum absolute atomic E-state index is 0.0170. The van der Waals surface area contributed by atoms with Crippen LogP contribution in [0.25, 0.3) is 0 Å². The van der Waals surface area contributed by atoms with E-state index in [4.69, 9.17) is 5.11 Å². The van der Waals surface area contributed by atoms with E-state index in [9.17, 15) is 26.4 Å². The Morgan fingerprint density at radius 2 is 1.42 bits per heavy atom. The van der Waals surface area contributed by atoms with Crippen LogP contribution < -0.4 is 14.8 Å². The number of carboxylic acid groups (broad SMARTS) is 1. The second kappa shape index (κ2) is 9.04. The summed E-state index contributed by atoms with van der Waals surface area (Å²) in [5.74, 6) is -1.51. The van der Waals surface area contributed by atoms with E-state index >= 15 is 0 Å². The topological polar surface area (TPSA) is 159 Å². The Morgan fingerprint density at radius 3 is 1.94 bits per heavy atom. The van der Waals surface area contributed by atoms with Crippen LogP contribution in [0.3, 0.4) is 0 Å². The molecule has 31 heavy (non-hydrogen) atoms. The number of amides is 1. The van der Waals surface area contributed by atoms with Gasteiger partial charge in [0.2, 0.25) is 10.0 Å². The van der Waals surface area contributed by atoms with Gasteiger partial charge in [-0.1, -0.05) is 0 Å². The molecule has 0 aromatic heterocycles. The molecule has 1 amide bonds. The molecule has 2 aromatic carbocycles. The molecule has 0 heterocycles. The van der Waals surface area contributed by atoms with Gasteiger partial charge in [0.05, 0.1) is 16.2 Å². The highest BCUT2D eigenvalue weighted by Gasteiger charge is 2.28. The lowest BCUT2D eigenvalue weighted by molar-refractivity contribution is -0.136. The van der Waals surface area contributed by atoms with Crippen molar-refractivity contribution in [1.82, 2.24) is 10.0 Å². The second-order valence-corrected chi connectivity index (χ2v) is 10.3. The zero-order chi connectivity index (χ0) is 22.6. The van der Waals surface area contributed by atoms with Crippen molar-refractivity contribution < 1.29 is 31.5 Å². The van der Waals surface area contributed by atoms with E-state index in [0.717, 1.165) is 12.8 Å². The smallest absolute Gasteiger partial charge is 0.305 e. The summed E-state index contributed by atoms with van der Waals surface area (Å²) in [6.45, 7) is -0.0234. The summed E-state index contributed by atoms with van der Waals surface area (Å²) in [6, 6.07) is 10.4. The van der Waals surface area contributed by atoms with E-state index in [-0.39, 0.29) is 40.0 Å². The van der Waals surface area contributed by atoms with E-state index in [1.807, 2.05) is 0 Å². The molecular weight excluding hydrogens is 446 g/mol. The van der Waals surface area contributed by atoms with E-state index < -0.39 is 31.9 Å². The predicted molar refractivity (Wildman–Crippen MR) is 112 cm³/mol. The molecule has 0 unspecified atom stereocenters. The SMILES string of the molecule is O=C(O)CCNC(=O)c1ccc(NS(=O)(=O)c2ccc(S(=O)(=O)NC3CC3)cc2)cc1. The molecule has 4 N–H and O–H groups in total. The van der Waals surface area contributed by atoms with Gasteiger partial charge in [-0.2, -0.15) is 0 Å². The number of aliphatic carboxylic acids is 1. The lowest BCUT2D eigenvalue weighted by atomic mass is 10.2. The fraction of sp³-hybridized carbons (Fsp3) is 0.263. The number of hydrogen-bond donors (Lipinski definition) is 4. The fourth-order valence-electron chi connectivity index (χ4n) is 2.58. The number of nitrogens with one attached hydrogen (secondary N) is 3. The van der Waals surface area contributed by atoms with Gasteiger partial charge in [-0.3, -0.25) is 14.3 Å². The van der Waals surface area contributed by atoms with Gasteiger partial charge >= 0.3 is 5.97 Å². The number of hydrogen-bond acceptors (Lipinski definition) is 6. The minimum Gasteiger partial charge on any atom is -0.481 e. The molecule has 1 saturated carbocycles. The van der Waals surface area contributed by atoms with Crippen molar-refractivity contribution in [3.05, 3.63) is 54.1 Å². The lowest BCUT2D eigenvalue weighted by Crippen LogP contribution is -2.26. The van der Waals surface area contributed by atoms with Gasteiger partial charge in [-0.25, -0.2) is 21.6 Å². The highest BCUT2D eigenvalue weighted by molar-refractivity contribution is 7.92. The van der Waals surface area contributed by atoms with Gasteiger partial charge in [-0.05, 0) is 61.4 Å². The van der Waals surface area contributed by atoms with Crippen LogP contribution in [0.2, 0.25) is 0 Å². The number of carbonyl (C=O) groups excluding carboxylic acids is 1. The van der Waals surface area contributed by atoms with Crippen LogP contribution in [0.4, 0.5) is 5.69 Å². The maximum Gasteiger partial charge on any atom is 0.305 e. The Kier molecular flexibility index (Phi) is 6.62. The zero-order valence-electron chi connectivity index (χ0n) is 16.2. The zero-order valence-corrected chi connectivity index (χ0v) is 17.9. The summed E-state index contributed by atoms with van der Waals surface area (Å²) in [4.78, 5) is 22.3. The molecule has 1 fully saturated rings. The summed E-state index contributed by atoms with van der Waals surface area (Å²) in [5.41, 5.74) is 0.445. The monoisotopic (exact) mass is 467 g/mol. The standard InChI is InChI=1S/C19H21N3O7S2/c23-18(24)11-12-20-19(25)13-1-3-14(4-2-13)21-30(26,27)16-7-9-17(10-8-16)31(28,29)22-15-5-6-15/h1-4,7-10,15,21-22H,5-6,11-12H2,(H,20,25)(H,23,24). The van der Waals surface area contributed by atoms with Crippen LogP contribution in [0.5, 0.6) is 0 Å². The number of carboxylic acids is 1. The average molecular weight is 468 g/mol. The van der Waals surface area contributed by atoms with Crippen LogP contribution in [-0.4, -0.2) is 46.4 Å². The third-order valence-corrected chi connectivity index (χ3v) is 7.30. The quantitative estimate of drug-likeness (QED) is 0.408. The molecule has 3 rings (SSSR count). The first-order valence-electron chi connectivity index (χ1n) is 9.32. The van der Waals surface area contributed by atoms with E-state index in [0.29, 0.717) is 0 Å². The molecule has 0 radical (unpaired) electrons. The Morgan fingerprint density at radius 1 is 0.871 bits per heavy atom. The second-order valence-electron chi connectivity index (χ2n) is 6.95. The molecule has 2 aromatic rings. The fourth-order valence-corrected chi connectivity index (χ4v) is 4.94. The molecule has 1 aliphatic rings. The number of anilines is 1. The molecule has 1 aliphatic carbocycles. The third kappa shape index (κ3) is 6.26. The number of sulfonamides is 2. The van der Waals surface area contributed by atoms with Crippen molar-refractivity contribution in [2.24, 2.45) is 0 Å². The molecule has 10 nitrogen and oxygen atoms in total. The maximum absolute atomic E-state index is 12.6. The predicted octanol–water partition coefficient (Wildman–Crippen LogP) is 1.13. The minimum atomic E-state index is -3.97. The highest BCUT2D eigenvalue weighted by atomic mass is 32.2. The van der Waals surface area contributed by atoms with Crippen molar-refractivity contribution in [3.63, 3.8) is 0 Å². The largest absolute Gasteiger partial charge is 0.481 e. The summed E-state index contributed by atoms with van der Waals surface area (Å²) in [6.07, 6.45) is 1.37. The maximum atomic E-state index is 12.6. The number of benzene rings is 2. The summed E-state index contributed by atoms with van der Waals surface area (Å²) in [7, 11) is -7.65. The Bertz CT molecular complexity index is 1170. The lowest BCUT2D eigenvalue weighted by Gasteiger charge is -2.10. The van der Waals surface area contributed by atoms with Crippen LogP contribution >= 0.6 is 0 Å². The first kappa shape index (κ1) is 22.7.